The molecule has 1 N–H and O–H groups in total. The largest absolute Gasteiger partial charge is 0.492 e. The van der Waals surface area contributed by atoms with Crippen molar-refractivity contribution >= 4 is 15.9 Å². The fourth-order valence-corrected chi connectivity index (χ4v) is 2.10. The number of ether oxygens (including phenoxy) is 2. The standard InChI is InChI=1S/C15H22BrNO2/c1-12(2)7-9-19-15-13(5-4-6-14(15)16)11-17-8-10-18-3/h4-6,17H,1,7-11H2,2-3H3. The van der Waals surface area contributed by atoms with Crippen molar-refractivity contribution < 1.29 is 9.47 Å². The molecule has 1 aromatic carbocycles. The Morgan fingerprint density at radius 3 is 2.84 bits per heavy atom. The molecule has 4 heteroatoms. The lowest BCUT2D eigenvalue weighted by molar-refractivity contribution is 0.199. The van der Waals surface area contributed by atoms with Crippen LogP contribution in [-0.2, 0) is 11.3 Å². The fraction of sp³-hybridized carbons (Fsp3) is 0.467. The van der Waals surface area contributed by atoms with Gasteiger partial charge in [-0.05, 0) is 28.9 Å². The number of para-hydroxylation sites is 1. The molecule has 1 aromatic rings. The summed E-state index contributed by atoms with van der Waals surface area (Å²) in [4.78, 5) is 0. The monoisotopic (exact) mass is 327 g/mol. The summed E-state index contributed by atoms with van der Waals surface area (Å²) in [7, 11) is 1.70. The molecule has 0 saturated carbocycles. The Kier molecular flexibility index (Phi) is 7.79. The maximum Gasteiger partial charge on any atom is 0.137 e. The molecule has 0 amide bonds. The molecule has 106 valence electrons. The summed E-state index contributed by atoms with van der Waals surface area (Å²) in [5.41, 5.74) is 2.28. The Balaban J connectivity index is 2.58. The third kappa shape index (κ3) is 6.23. The molecule has 3 nitrogen and oxygen atoms in total. The van der Waals surface area contributed by atoms with Gasteiger partial charge in [-0.3, -0.25) is 0 Å². The predicted octanol–water partition coefficient (Wildman–Crippen LogP) is 3.53. The van der Waals surface area contributed by atoms with Crippen molar-refractivity contribution in [3.05, 3.63) is 40.4 Å². The first-order valence-corrected chi connectivity index (χ1v) is 7.18. The maximum atomic E-state index is 5.86. The van der Waals surface area contributed by atoms with Gasteiger partial charge in [-0.2, -0.15) is 0 Å². The van der Waals surface area contributed by atoms with Crippen molar-refractivity contribution in [1.82, 2.24) is 5.32 Å². The summed E-state index contributed by atoms with van der Waals surface area (Å²) >= 11 is 3.54. The first-order chi connectivity index (χ1) is 9.15. The molecule has 19 heavy (non-hydrogen) atoms. The third-order valence-electron chi connectivity index (χ3n) is 2.62. The van der Waals surface area contributed by atoms with E-state index in [0.717, 1.165) is 40.9 Å². The van der Waals surface area contributed by atoms with Crippen LogP contribution in [0.4, 0.5) is 0 Å². The predicted molar refractivity (Wildman–Crippen MR) is 82.7 cm³/mol. The molecule has 0 saturated heterocycles. The highest BCUT2D eigenvalue weighted by atomic mass is 79.9. The molecule has 0 unspecified atom stereocenters. The van der Waals surface area contributed by atoms with E-state index in [9.17, 15) is 0 Å². The highest BCUT2D eigenvalue weighted by Gasteiger charge is 2.07. The zero-order valence-electron chi connectivity index (χ0n) is 11.7. The molecule has 0 bridgehead atoms. The van der Waals surface area contributed by atoms with Crippen molar-refractivity contribution in [2.75, 3.05) is 26.9 Å². The van der Waals surface area contributed by atoms with Crippen LogP contribution in [0, 0.1) is 0 Å². The van der Waals surface area contributed by atoms with E-state index < -0.39 is 0 Å². The number of hydrogen-bond acceptors (Lipinski definition) is 3. The van der Waals surface area contributed by atoms with Gasteiger partial charge in [-0.15, -0.1) is 6.58 Å². The fourth-order valence-electron chi connectivity index (χ4n) is 1.58. The molecule has 1 rings (SSSR count). The normalized spacial score (nSPS) is 10.5. The van der Waals surface area contributed by atoms with Crippen LogP contribution in [0.1, 0.15) is 18.9 Å². The van der Waals surface area contributed by atoms with Gasteiger partial charge in [0.05, 0.1) is 17.7 Å². The van der Waals surface area contributed by atoms with Gasteiger partial charge in [0, 0.05) is 32.2 Å². The average molecular weight is 328 g/mol. The van der Waals surface area contributed by atoms with E-state index in [4.69, 9.17) is 9.47 Å². The number of methoxy groups -OCH3 is 1. The van der Waals surface area contributed by atoms with Gasteiger partial charge >= 0.3 is 0 Å². The number of nitrogens with one attached hydrogen (secondary N) is 1. The van der Waals surface area contributed by atoms with Gasteiger partial charge in [-0.25, -0.2) is 0 Å². The van der Waals surface area contributed by atoms with Crippen LogP contribution < -0.4 is 10.1 Å². The second-order valence-corrected chi connectivity index (χ2v) is 5.31. The molecule has 0 radical (unpaired) electrons. The van der Waals surface area contributed by atoms with Crippen LogP contribution in [0.25, 0.3) is 0 Å². The lowest BCUT2D eigenvalue weighted by Gasteiger charge is -2.14. The summed E-state index contributed by atoms with van der Waals surface area (Å²) in [6.45, 7) is 8.85. The van der Waals surface area contributed by atoms with Crippen LogP contribution in [0.3, 0.4) is 0 Å². The maximum absolute atomic E-state index is 5.86. The first-order valence-electron chi connectivity index (χ1n) is 6.39. The summed E-state index contributed by atoms with van der Waals surface area (Å²) in [6, 6.07) is 6.08. The third-order valence-corrected chi connectivity index (χ3v) is 3.25. The summed E-state index contributed by atoms with van der Waals surface area (Å²) in [6.07, 6.45) is 0.873. The van der Waals surface area contributed by atoms with Gasteiger partial charge in [0.15, 0.2) is 0 Å². The van der Waals surface area contributed by atoms with Crippen LogP contribution in [0.15, 0.2) is 34.8 Å². The second-order valence-electron chi connectivity index (χ2n) is 4.45. The smallest absolute Gasteiger partial charge is 0.137 e. The van der Waals surface area contributed by atoms with Gasteiger partial charge in [0.1, 0.15) is 5.75 Å². The Morgan fingerprint density at radius 1 is 1.37 bits per heavy atom. The Labute approximate surface area is 124 Å². The highest BCUT2D eigenvalue weighted by molar-refractivity contribution is 9.10. The van der Waals surface area contributed by atoms with Crippen LogP contribution >= 0.6 is 15.9 Å². The van der Waals surface area contributed by atoms with E-state index >= 15 is 0 Å². The Bertz CT molecular complexity index is 407. The quantitative estimate of drug-likeness (QED) is 0.556. The van der Waals surface area contributed by atoms with E-state index in [1.54, 1.807) is 7.11 Å². The van der Waals surface area contributed by atoms with Crippen LogP contribution in [-0.4, -0.2) is 26.9 Å². The van der Waals surface area contributed by atoms with Crippen molar-refractivity contribution in [2.45, 2.75) is 19.9 Å². The SMILES string of the molecule is C=C(C)CCOc1c(Br)cccc1CNCCOC. The second kappa shape index (κ2) is 9.13. The summed E-state index contributed by atoms with van der Waals surface area (Å²) < 4.78 is 11.9. The minimum Gasteiger partial charge on any atom is -0.492 e. The van der Waals surface area contributed by atoms with E-state index in [2.05, 4.69) is 33.9 Å². The molecular weight excluding hydrogens is 306 g/mol. The molecule has 0 atom stereocenters. The molecule has 0 spiro atoms. The average Bonchev–Trinajstić information content (AvgIpc) is 2.37. The van der Waals surface area contributed by atoms with Gasteiger partial charge in [0.2, 0.25) is 0 Å². The van der Waals surface area contributed by atoms with E-state index in [0.29, 0.717) is 13.2 Å². The topological polar surface area (TPSA) is 30.5 Å². The lowest BCUT2D eigenvalue weighted by Crippen LogP contribution is -2.19. The zero-order chi connectivity index (χ0) is 14.1. The molecule has 0 aliphatic rings. The van der Waals surface area contributed by atoms with Gasteiger partial charge in [0.25, 0.3) is 0 Å². The Hall–Kier alpha value is -0.840. The van der Waals surface area contributed by atoms with Crippen molar-refractivity contribution in [2.24, 2.45) is 0 Å². The number of halogens is 1. The van der Waals surface area contributed by atoms with Gasteiger partial charge < -0.3 is 14.8 Å². The molecule has 0 heterocycles. The van der Waals surface area contributed by atoms with Crippen molar-refractivity contribution in [3.8, 4) is 5.75 Å². The number of benzene rings is 1. The minimum atomic E-state index is 0.656. The van der Waals surface area contributed by atoms with Gasteiger partial charge in [-0.1, -0.05) is 17.7 Å². The van der Waals surface area contributed by atoms with Crippen LogP contribution in [0.2, 0.25) is 0 Å². The molecular formula is C15H22BrNO2. The zero-order valence-corrected chi connectivity index (χ0v) is 13.3. The van der Waals surface area contributed by atoms with E-state index in [-0.39, 0.29) is 0 Å². The molecule has 0 aliphatic carbocycles. The molecule has 0 fully saturated rings. The first kappa shape index (κ1) is 16.2. The van der Waals surface area contributed by atoms with Crippen LogP contribution in [0.5, 0.6) is 5.75 Å². The minimum absolute atomic E-state index is 0.656. The summed E-state index contributed by atoms with van der Waals surface area (Å²) in [5.74, 6) is 0.911. The van der Waals surface area contributed by atoms with E-state index in [1.807, 2.05) is 19.1 Å². The number of rotatable bonds is 9. The number of hydrogen-bond donors (Lipinski definition) is 1. The van der Waals surface area contributed by atoms with Crippen molar-refractivity contribution in [3.63, 3.8) is 0 Å². The molecule has 0 aromatic heterocycles. The summed E-state index contributed by atoms with van der Waals surface area (Å²) in [5, 5.41) is 3.33. The lowest BCUT2D eigenvalue weighted by atomic mass is 10.2. The van der Waals surface area contributed by atoms with E-state index in [1.165, 1.54) is 0 Å². The molecule has 0 aliphatic heterocycles. The van der Waals surface area contributed by atoms with Crippen molar-refractivity contribution in [1.29, 1.82) is 0 Å². The highest BCUT2D eigenvalue weighted by Crippen LogP contribution is 2.29. The Morgan fingerprint density at radius 2 is 2.16 bits per heavy atom.